The fourth-order valence-electron chi connectivity index (χ4n) is 1.18. The lowest BCUT2D eigenvalue weighted by molar-refractivity contribution is 0.223. The van der Waals surface area contributed by atoms with Gasteiger partial charge in [0.05, 0.1) is 0 Å². The standard InChI is InChI=1S/C9H11NOS/c10-5-7-6-12-9-4-2-1-3-8(9)11-7/h1-4,7H,5-6,10H2. The molecule has 0 bridgehead atoms. The molecular weight excluding hydrogens is 170 g/mol. The van der Waals surface area contributed by atoms with Crippen molar-refractivity contribution in [2.24, 2.45) is 5.73 Å². The predicted octanol–water partition coefficient (Wildman–Crippen LogP) is 1.50. The third-order valence-electron chi connectivity index (χ3n) is 1.83. The molecule has 2 rings (SSSR count). The van der Waals surface area contributed by atoms with Crippen molar-refractivity contribution in [1.29, 1.82) is 0 Å². The summed E-state index contributed by atoms with van der Waals surface area (Å²) in [6, 6.07) is 8.08. The number of hydrogen-bond acceptors (Lipinski definition) is 3. The van der Waals surface area contributed by atoms with Crippen LogP contribution in [-0.2, 0) is 0 Å². The summed E-state index contributed by atoms with van der Waals surface area (Å²) in [4.78, 5) is 1.22. The molecule has 0 saturated heterocycles. The van der Waals surface area contributed by atoms with E-state index in [2.05, 4.69) is 6.07 Å². The number of fused-ring (bicyclic) bond motifs is 1. The van der Waals surface area contributed by atoms with E-state index in [1.54, 1.807) is 0 Å². The summed E-state index contributed by atoms with van der Waals surface area (Å²) in [5.41, 5.74) is 5.52. The van der Waals surface area contributed by atoms with E-state index < -0.39 is 0 Å². The molecule has 1 aromatic carbocycles. The number of para-hydroxylation sites is 1. The highest BCUT2D eigenvalue weighted by Crippen LogP contribution is 2.34. The second kappa shape index (κ2) is 3.37. The lowest BCUT2D eigenvalue weighted by Crippen LogP contribution is -2.31. The Morgan fingerprint density at radius 1 is 1.50 bits per heavy atom. The van der Waals surface area contributed by atoms with Crippen LogP contribution in [-0.4, -0.2) is 18.4 Å². The average molecular weight is 181 g/mol. The van der Waals surface area contributed by atoms with Crippen LogP contribution in [0.5, 0.6) is 5.75 Å². The molecule has 0 aromatic heterocycles. The number of nitrogens with two attached hydrogens (primary N) is 1. The Balaban J connectivity index is 2.23. The Hall–Kier alpha value is -0.670. The van der Waals surface area contributed by atoms with Gasteiger partial charge in [0.2, 0.25) is 0 Å². The van der Waals surface area contributed by atoms with Gasteiger partial charge in [0.15, 0.2) is 0 Å². The van der Waals surface area contributed by atoms with Crippen molar-refractivity contribution in [3.63, 3.8) is 0 Å². The third kappa shape index (κ3) is 1.42. The zero-order chi connectivity index (χ0) is 8.39. The lowest BCUT2D eigenvalue weighted by atomic mass is 10.3. The second-order valence-corrected chi connectivity index (χ2v) is 3.80. The van der Waals surface area contributed by atoms with Gasteiger partial charge >= 0.3 is 0 Å². The van der Waals surface area contributed by atoms with E-state index in [0.717, 1.165) is 11.5 Å². The van der Waals surface area contributed by atoms with Gasteiger partial charge in [-0.25, -0.2) is 0 Å². The summed E-state index contributed by atoms with van der Waals surface area (Å²) < 4.78 is 5.64. The van der Waals surface area contributed by atoms with Crippen molar-refractivity contribution >= 4 is 11.8 Å². The highest BCUT2D eigenvalue weighted by molar-refractivity contribution is 7.99. The van der Waals surface area contributed by atoms with Gasteiger partial charge in [0.1, 0.15) is 11.9 Å². The van der Waals surface area contributed by atoms with E-state index in [4.69, 9.17) is 10.5 Å². The zero-order valence-electron chi connectivity index (χ0n) is 6.69. The van der Waals surface area contributed by atoms with Crippen LogP contribution in [0, 0.1) is 0 Å². The van der Waals surface area contributed by atoms with Gasteiger partial charge in [-0.15, -0.1) is 11.8 Å². The minimum Gasteiger partial charge on any atom is -0.487 e. The van der Waals surface area contributed by atoms with Crippen LogP contribution in [0.1, 0.15) is 0 Å². The Labute approximate surface area is 76.1 Å². The highest BCUT2D eigenvalue weighted by atomic mass is 32.2. The van der Waals surface area contributed by atoms with Crippen LogP contribution >= 0.6 is 11.8 Å². The first kappa shape index (κ1) is 7.95. The van der Waals surface area contributed by atoms with Crippen LogP contribution in [0.2, 0.25) is 0 Å². The Bertz CT molecular complexity index is 277. The molecule has 64 valence electrons. The van der Waals surface area contributed by atoms with Gasteiger partial charge in [-0.05, 0) is 12.1 Å². The third-order valence-corrected chi connectivity index (χ3v) is 3.02. The first-order valence-corrected chi connectivity index (χ1v) is 4.97. The summed E-state index contributed by atoms with van der Waals surface area (Å²) in [5.74, 6) is 1.94. The minimum atomic E-state index is 0.185. The Kier molecular flexibility index (Phi) is 2.23. The second-order valence-electron chi connectivity index (χ2n) is 2.73. The summed E-state index contributed by atoms with van der Waals surface area (Å²) in [6.07, 6.45) is 0.185. The van der Waals surface area contributed by atoms with E-state index >= 15 is 0 Å². The Morgan fingerprint density at radius 3 is 3.17 bits per heavy atom. The smallest absolute Gasteiger partial charge is 0.133 e. The van der Waals surface area contributed by atoms with Crippen LogP contribution in [0.3, 0.4) is 0 Å². The quantitative estimate of drug-likeness (QED) is 0.713. The van der Waals surface area contributed by atoms with Crippen molar-refractivity contribution in [3.05, 3.63) is 24.3 Å². The molecule has 0 spiro atoms. The molecule has 1 aliphatic rings. The molecule has 1 aromatic rings. The molecule has 0 saturated carbocycles. The largest absolute Gasteiger partial charge is 0.487 e. The van der Waals surface area contributed by atoms with E-state index in [-0.39, 0.29) is 6.10 Å². The minimum absolute atomic E-state index is 0.185. The molecule has 0 radical (unpaired) electrons. The van der Waals surface area contributed by atoms with E-state index in [0.29, 0.717) is 6.54 Å². The van der Waals surface area contributed by atoms with Crippen molar-refractivity contribution in [1.82, 2.24) is 0 Å². The van der Waals surface area contributed by atoms with Gasteiger partial charge < -0.3 is 10.5 Å². The SMILES string of the molecule is NCC1CSc2ccccc2O1. The monoisotopic (exact) mass is 181 g/mol. The number of thioether (sulfide) groups is 1. The zero-order valence-corrected chi connectivity index (χ0v) is 7.51. The van der Waals surface area contributed by atoms with Gasteiger partial charge in [-0.1, -0.05) is 12.1 Å². The number of hydrogen-bond donors (Lipinski definition) is 1. The van der Waals surface area contributed by atoms with Gasteiger partial charge in [0, 0.05) is 17.2 Å². The normalized spacial score (nSPS) is 21.2. The maximum atomic E-state index is 5.64. The molecule has 12 heavy (non-hydrogen) atoms. The molecule has 0 aliphatic carbocycles. The number of rotatable bonds is 1. The van der Waals surface area contributed by atoms with Crippen molar-refractivity contribution < 1.29 is 4.74 Å². The molecule has 1 atom stereocenters. The van der Waals surface area contributed by atoms with E-state index in [1.807, 2.05) is 30.0 Å². The Morgan fingerprint density at radius 2 is 2.33 bits per heavy atom. The van der Waals surface area contributed by atoms with Gasteiger partial charge in [0.25, 0.3) is 0 Å². The van der Waals surface area contributed by atoms with E-state index in [9.17, 15) is 0 Å². The molecule has 0 fully saturated rings. The fourth-order valence-corrected chi connectivity index (χ4v) is 2.18. The molecule has 1 heterocycles. The van der Waals surface area contributed by atoms with Crippen LogP contribution in [0.15, 0.2) is 29.2 Å². The van der Waals surface area contributed by atoms with Gasteiger partial charge in [-0.2, -0.15) is 0 Å². The van der Waals surface area contributed by atoms with E-state index in [1.165, 1.54) is 4.90 Å². The molecule has 3 heteroatoms. The first-order chi connectivity index (χ1) is 5.90. The predicted molar refractivity (Wildman–Crippen MR) is 50.6 cm³/mol. The molecule has 1 unspecified atom stereocenters. The maximum Gasteiger partial charge on any atom is 0.133 e. The lowest BCUT2D eigenvalue weighted by Gasteiger charge is -2.24. The molecule has 1 aliphatic heterocycles. The molecule has 0 amide bonds. The summed E-state index contributed by atoms with van der Waals surface area (Å²) in [7, 11) is 0. The van der Waals surface area contributed by atoms with Crippen LogP contribution in [0.25, 0.3) is 0 Å². The highest BCUT2D eigenvalue weighted by Gasteiger charge is 2.17. The topological polar surface area (TPSA) is 35.2 Å². The van der Waals surface area contributed by atoms with Gasteiger partial charge in [-0.3, -0.25) is 0 Å². The summed E-state index contributed by atoms with van der Waals surface area (Å²) >= 11 is 1.82. The first-order valence-electron chi connectivity index (χ1n) is 3.98. The fraction of sp³-hybridized carbons (Fsp3) is 0.333. The summed E-state index contributed by atoms with van der Waals surface area (Å²) in [5, 5.41) is 0. The molecule has 2 N–H and O–H groups in total. The summed E-state index contributed by atoms with van der Waals surface area (Å²) in [6.45, 7) is 0.599. The molecular formula is C9H11NOS. The van der Waals surface area contributed by atoms with Crippen molar-refractivity contribution in [2.75, 3.05) is 12.3 Å². The van der Waals surface area contributed by atoms with Crippen LogP contribution < -0.4 is 10.5 Å². The number of benzene rings is 1. The van der Waals surface area contributed by atoms with Crippen LogP contribution in [0.4, 0.5) is 0 Å². The maximum absolute atomic E-state index is 5.64. The van der Waals surface area contributed by atoms with Crippen molar-refractivity contribution in [3.8, 4) is 5.75 Å². The molecule has 2 nitrogen and oxygen atoms in total. The van der Waals surface area contributed by atoms with Crippen molar-refractivity contribution in [2.45, 2.75) is 11.0 Å². The number of ether oxygens (including phenoxy) is 1. The average Bonchev–Trinajstić information content (AvgIpc) is 2.17.